The van der Waals surface area contributed by atoms with Gasteiger partial charge in [0.25, 0.3) is 0 Å². The zero-order valence-electron chi connectivity index (χ0n) is 18.3. The molecular formula is C22H39N5. The van der Waals surface area contributed by atoms with Gasteiger partial charge in [-0.1, -0.05) is 12.2 Å². The van der Waals surface area contributed by atoms with Gasteiger partial charge in [0.05, 0.1) is 12.7 Å². The lowest BCUT2D eigenvalue weighted by molar-refractivity contribution is -0.0184. The Hall–Kier alpha value is -1.17. The summed E-state index contributed by atoms with van der Waals surface area (Å²) < 4.78 is 2.18. The van der Waals surface area contributed by atoms with E-state index in [4.69, 9.17) is 0 Å². The molecule has 0 amide bonds. The van der Waals surface area contributed by atoms with Gasteiger partial charge < -0.3 is 5.32 Å². The van der Waals surface area contributed by atoms with Gasteiger partial charge in [0.1, 0.15) is 0 Å². The number of aromatic nitrogens is 2. The van der Waals surface area contributed by atoms with Crippen LogP contribution in [0.25, 0.3) is 0 Å². The Morgan fingerprint density at radius 2 is 1.81 bits per heavy atom. The van der Waals surface area contributed by atoms with E-state index >= 15 is 0 Å². The molecule has 0 unspecified atom stereocenters. The molecule has 5 heteroatoms. The first-order chi connectivity index (χ1) is 12.7. The minimum Gasteiger partial charge on any atom is -0.310 e. The quantitative estimate of drug-likeness (QED) is 0.777. The van der Waals surface area contributed by atoms with E-state index in [9.17, 15) is 0 Å². The summed E-state index contributed by atoms with van der Waals surface area (Å²) in [5.41, 5.74) is 3.09. The van der Waals surface area contributed by atoms with Crippen LogP contribution >= 0.6 is 0 Å². The van der Waals surface area contributed by atoms with Crippen LogP contribution < -0.4 is 5.32 Å². The van der Waals surface area contributed by atoms with Gasteiger partial charge in [0.15, 0.2) is 0 Å². The lowest BCUT2D eigenvalue weighted by atomic mass is 9.77. The van der Waals surface area contributed by atoms with E-state index in [1.54, 1.807) is 0 Å². The summed E-state index contributed by atoms with van der Waals surface area (Å²) in [6.45, 7) is 16.9. The van der Waals surface area contributed by atoms with Crippen molar-refractivity contribution in [2.24, 2.45) is 0 Å². The summed E-state index contributed by atoms with van der Waals surface area (Å²) >= 11 is 0. The van der Waals surface area contributed by atoms with Crippen LogP contribution in [-0.4, -0.2) is 63.4 Å². The number of nitrogens with zero attached hydrogens (tertiary/aromatic N) is 4. The van der Waals surface area contributed by atoms with E-state index < -0.39 is 0 Å². The average Bonchev–Trinajstić information content (AvgIpc) is 2.96. The Morgan fingerprint density at radius 3 is 2.44 bits per heavy atom. The van der Waals surface area contributed by atoms with Crippen molar-refractivity contribution < 1.29 is 0 Å². The summed E-state index contributed by atoms with van der Waals surface area (Å²) in [4.78, 5) is 5.04. The van der Waals surface area contributed by atoms with E-state index in [0.717, 1.165) is 26.2 Å². The van der Waals surface area contributed by atoms with E-state index in [-0.39, 0.29) is 11.1 Å². The van der Waals surface area contributed by atoms with Crippen LogP contribution in [0, 0.1) is 6.92 Å². The predicted molar refractivity (Wildman–Crippen MR) is 113 cm³/mol. The van der Waals surface area contributed by atoms with Gasteiger partial charge in [-0.25, -0.2) is 0 Å². The number of piperidine rings is 1. The van der Waals surface area contributed by atoms with Crippen LogP contribution in [0.4, 0.5) is 0 Å². The van der Waals surface area contributed by atoms with Crippen LogP contribution in [-0.2, 0) is 13.1 Å². The second-order valence-electron chi connectivity index (χ2n) is 9.71. The summed E-state index contributed by atoms with van der Waals surface area (Å²) in [5.74, 6) is 0. The van der Waals surface area contributed by atoms with Crippen molar-refractivity contribution in [1.29, 1.82) is 0 Å². The molecule has 1 aromatic rings. The van der Waals surface area contributed by atoms with Crippen LogP contribution in [0.2, 0.25) is 0 Å². The second-order valence-corrected chi connectivity index (χ2v) is 9.71. The third-order valence-electron chi connectivity index (χ3n) is 6.86. The highest BCUT2D eigenvalue weighted by Crippen LogP contribution is 2.36. The van der Waals surface area contributed by atoms with Crippen molar-refractivity contribution in [2.45, 2.75) is 84.1 Å². The molecule has 5 nitrogen and oxygen atoms in total. The molecule has 1 saturated heterocycles. The molecule has 2 aliphatic heterocycles. The largest absolute Gasteiger partial charge is 0.310 e. The van der Waals surface area contributed by atoms with Crippen molar-refractivity contribution in [2.75, 3.05) is 26.7 Å². The maximum Gasteiger partial charge on any atom is 0.0539 e. The molecule has 0 radical (unpaired) electrons. The fourth-order valence-electron chi connectivity index (χ4n) is 4.78. The highest BCUT2D eigenvalue weighted by molar-refractivity contribution is 5.16. The molecule has 1 aromatic heterocycles. The Labute approximate surface area is 165 Å². The minimum atomic E-state index is 0.224. The fraction of sp³-hybridized carbons (Fsp3) is 0.773. The second kappa shape index (κ2) is 8.06. The molecule has 0 bridgehead atoms. The van der Waals surface area contributed by atoms with Crippen LogP contribution in [0.3, 0.4) is 0 Å². The van der Waals surface area contributed by atoms with Gasteiger partial charge in [-0.15, -0.1) is 0 Å². The normalized spacial score (nSPS) is 23.8. The zero-order chi connectivity index (χ0) is 19.7. The SMILES string of the molecule is Cc1c(CNC2CC(C)(C)N(C)C(C)(C)C2)cnn1CCN1CC=CCC1. The van der Waals surface area contributed by atoms with Gasteiger partial charge in [-0.05, 0) is 60.9 Å². The number of likely N-dealkylation sites (tertiary alicyclic amines) is 1. The van der Waals surface area contributed by atoms with Crippen LogP contribution in [0.1, 0.15) is 58.2 Å². The Morgan fingerprint density at radius 1 is 1.11 bits per heavy atom. The molecule has 1 N–H and O–H groups in total. The molecule has 0 aromatic carbocycles. The van der Waals surface area contributed by atoms with Gasteiger partial charge in [0.2, 0.25) is 0 Å². The minimum absolute atomic E-state index is 0.224. The van der Waals surface area contributed by atoms with Crippen molar-refractivity contribution in [3.63, 3.8) is 0 Å². The van der Waals surface area contributed by atoms with Gasteiger partial charge in [-0.3, -0.25) is 14.5 Å². The van der Waals surface area contributed by atoms with Crippen molar-refractivity contribution in [3.05, 3.63) is 29.6 Å². The number of nitrogens with one attached hydrogen (secondary N) is 1. The fourth-order valence-corrected chi connectivity index (χ4v) is 4.78. The molecule has 0 spiro atoms. The first kappa shape index (κ1) is 20.6. The third-order valence-corrected chi connectivity index (χ3v) is 6.86. The molecule has 2 aliphatic rings. The number of hydrogen-bond acceptors (Lipinski definition) is 4. The van der Waals surface area contributed by atoms with Crippen LogP contribution in [0.15, 0.2) is 18.3 Å². The Balaban J connectivity index is 1.54. The van der Waals surface area contributed by atoms with Crippen molar-refractivity contribution in [1.82, 2.24) is 24.9 Å². The Kier molecular flexibility index (Phi) is 6.14. The molecule has 27 heavy (non-hydrogen) atoms. The molecule has 0 atom stereocenters. The Bertz CT molecular complexity index is 640. The predicted octanol–water partition coefficient (Wildman–Crippen LogP) is 3.19. The zero-order valence-corrected chi connectivity index (χ0v) is 18.3. The molecule has 152 valence electrons. The molecule has 1 fully saturated rings. The van der Waals surface area contributed by atoms with Gasteiger partial charge >= 0.3 is 0 Å². The first-order valence-electron chi connectivity index (χ1n) is 10.5. The van der Waals surface area contributed by atoms with E-state index in [2.05, 4.69) is 84.9 Å². The number of rotatable bonds is 6. The summed E-state index contributed by atoms with van der Waals surface area (Å²) in [5, 5.41) is 8.49. The third kappa shape index (κ3) is 4.82. The van der Waals surface area contributed by atoms with E-state index in [0.29, 0.717) is 6.04 Å². The lowest BCUT2D eigenvalue weighted by Gasteiger charge is -2.53. The molecule has 3 heterocycles. The maximum atomic E-state index is 4.66. The maximum absolute atomic E-state index is 4.66. The first-order valence-corrected chi connectivity index (χ1v) is 10.5. The molecule has 0 aliphatic carbocycles. The van der Waals surface area contributed by atoms with Gasteiger partial charge in [0, 0.05) is 54.6 Å². The molecule has 3 rings (SSSR count). The van der Waals surface area contributed by atoms with Crippen LogP contribution in [0.5, 0.6) is 0 Å². The monoisotopic (exact) mass is 373 g/mol. The summed E-state index contributed by atoms with van der Waals surface area (Å²) in [6.07, 6.45) is 10.2. The summed E-state index contributed by atoms with van der Waals surface area (Å²) in [7, 11) is 2.27. The highest BCUT2D eigenvalue weighted by Gasteiger charge is 2.42. The summed E-state index contributed by atoms with van der Waals surface area (Å²) in [6, 6.07) is 0.550. The lowest BCUT2D eigenvalue weighted by Crippen LogP contribution is -2.62. The van der Waals surface area contributed by atoms with E-state index in [1.165, 1.54) is 37.1 Å². The smallest absolute Gasteiger partial charge is 0.0539 e. The molecule has 0 saturated carbocycles. The standard InChI is InChI=1S/C22H39N5/c1-18-19(17-24-27(18)13-12-26-10-8-7-9-11-26)16-23-20-14-21(2,3)25(6)22(4,5)15-20/h7-8,17,20,23H,9-16H2,1-6H3. The van der Waals surface area contributed by atoms with E-state index in [1.807, 2.05) is 0 Å². The topological polar surface area (TPSA) is 36.3 Å². The highest BCUT2D eigenvalue weighted by atomic mass is 15.3. The number of hydrogen-bond donors (Lipinski definition) is 1. The van der Waals surface area contributed by atoms with Crippen molar-refractivity contribution in [3.8, 4) is 0 Å². The van der Waals surface area contributed by atoms with Gasteiger partial charge in [-0.2, -0.15) is 5.10 Å². The molecular weight excluding hydrogens is 334 g/mol. The average molecular weight is 374 g/mol. The van der Waals surface area contributed by atoms with Crippen molar-refractivity contribution >= 4 is 0 Å².